The monoisotopic (exact) mass is 309 g/mol. The SMILES string of the molecule is CCc1ccc(/C=N/n2c(-c3cccnc3)n[nH]c2=S)cc1. The van der Waals surface area contributed by atoms with Gasteiger partial charge in [0, 0.05) is 18.0 Å². The Hall–Kier alpha value is -2.60. The van der Waals surface area contributed by atoms with Crippen molar-refractivity contribution >= 4 is 18.4 Å². The number of H-pyrrole nitrogens is 1. The molecule has 0 saturated heterocycles. The standard InChI is InChI=1S/C16H15N5S/c1-2-12-5-7-13(8-6-12)10-18-21-15(19-20-16(21)22)14-4-3-9-17-11-14/h3-11H,2H2,1H3,(H,20,22)/b18-10+. The zero-order valence-corrected chi connectivity index (χ0v) is 12.9. The molecule has 3 rings (SSSR count). The molecule has 0 fully saturated rings. The molecule has 110 valence electrons. The Balaban J connectivity index is 1.93. The summed E-state index contributed by atoms with van der Waals surface area (Å²) in [6, 6.07) is 12.0. The number of nitrogens with zero attached hydrogens (tertiary/aromatic N) is 4. The van der Waals surface area contributed by atoms with E-state index in [4.69, 9.17) is 12.2 Å². The van der Waals surface area contributed by atoms with Crippen LogP contribution in [0.3, 0.4) is 0 Å². The molecule has 0 bridgehead atoms. The molecule has 2 heterocycles. The molecule has 0 aliphatic carbocycles. The Morgan fingerprint density at radius 2 is 2.09 bits per heavy atom. The molecule has 0 amide bonds. The van der Waals surface area contributed by atoms with Crippen LogP contribution in [0.1, 0.15) is 18.1 Å². The smallest absolute Gasteiger partial charge is 0.216 e. The molecule has 0 atom stereocenters. The van der Waals surface area contributed by atoms with Crippen molar-refractivity contribution in [3.63, 3.8) is 0 Å². The molecule has 3 aromatic rings. The van der Waals surface area contributed by atoms with Gasteiger partial charge in [-0.25, -0.2) is 5.10 Å². The maximum atomic E-state index is 5.24. The second kappa shape index (κ2) is 6.44. The van der Waals surface area contributed by atoms with Crippen LogP contribution in [-0.4, -0.2) is 26.1 Å². The van der Waals surface area contributed by atoms with Gasteiger partial charge in [-0.15, -0.1) is 0 Å². The Kier molecular flexibility index (Phi) is 4.20. The molecule has 1 aromatic carbocycles. The first-order valence-electron chi connectivity index (χ1n) is 6.99. The lowest BCUT2D eigenvalue weighted by Crippen LogP contribution is -1.95. The summed E-state index contributed by atoms with van der Waals surface area (Å²) in [5.41, 5.74) is 3.17. The zero-order valence-electron chi connectivity index (χ0n) is 12.1. The highest BCUT2D eigenvalue weighted by Crippen LogP contribution is 2.15. The highest BCUT2D eigenvalue weighted by molar-refractivity contribution is 7.71. The van der Waals surface area contributed by atoms with E-state index in [2.05, 4.69) is 39.3 Å². The Morgan fingerprint density at radius 1 is 1.27 bits per heavy atom. The molecular weight excluding hydrogens is 294 g/mol. The topological polar surface area (TPSA) is 58.9 Å². The van der Waals surface area contributed by atoms with Crippen LogP contribution in [0.5, 0.6) is 0 Å². The van der Waals surface area contributed by atoms with Gasteiger partial charge in [0.05, 0.1) is 6.21 Å². The molecule has 1 N–H and O–H groups in total. The average Bonchev–Trinajstić information content (AvgIpc) is 2.95. The number of aromatic amines is 1. The summed E-state index contributed by atoms with van der Waals surface area (Å²) >= 11 is 5.24. The molecule has 0 radical (unpaired) electrons. The van der Waals surface area contributed by atoms with Gasteiger partial charge in [0.2, 0.25) is 4.77 Å². The first kappa shape index (κ1) is 14.3. The molecule has 2 aromatic heterocycles. The molecule has 0 aliphatic heterocycles. The first-order valence-corrected chi connectivity index (χ1v) is 7.40. The molecular formula is C16H15N5S. The maximum Gasteiger partial charge on any atom is 0.216 e. The Labute approximate surface area is 133 Å². The van der Waals surface area contributed by atoms with Gasteiger partial charge in [0.1, 0.15) is 0 Å². The predicted molar refractivity (Wildman–Crippen MR) is 89.5 cm³/mol. The fourth-order valence-corrected chi connectivity index (χ4v) is 2.22. The fraction of sp³-hybridized carbons (Fsp3) is 0.125. The largest absolute Gasteiger partial charge is 0.264 e. The van der Waals surface area contributed by atoms with Gasteiger partial charge in [-0.05, 0) is 41.9 Å². The molecule has 0 unspecified atom stereocenters. The number of pyridine rings is 1. The van der Waals surface area contributed by atoms with Gasteiger partial charge in [-0.3, -0.25) is 4.98 Å². The van der Waals surface area contributed by atoms with E-state index in [-0.39, 0.29) is 0 Å². The number of rotatable bonds is 4. The van der Waals surface area contributed by atoms with E-state index in [1.807, 2.05) is 24.3 Å². The second-order valence-corrected chi connectivity index (χ2v) is 5.13. The number of aromatic nitrogens is 4. The van der Waals surface area contributed by atoms with Gasteiger partial charge in [-0.2, -0.15) is 14.9 Å². The van der Waals surface area contributed by atoms with Crippen LogP contribution >= 0.6 is 12.2 Å². The van der Waals surface area contributed by atoms with Crippen molar-refractivity contribution in [3.8, 4) is 11.4 Å². The van der Waals surface area contributed by atoms with Gasteiger partial charge in [-0.1, -0.05) is 31.2 Å². The van der Waals surface area contributed by atoms with Crippen molar-refractivity contribution in [2.45, 2.75) is 13.3 Å². The minimum atomic E-state index is 0.445. The van der Waals surface area contributed by atoms with E-state index >= 15 is 0 Å². The first-order chi connectivity index (χ1) is 10.8. The number of nitrogens with one attached hydrogen (secondary N) is 1. The third kappa shape index (κ3) is 3.01. The lowest BCUT2D eigenvalue weighted by Gasteiger charge is -2.00. The third-order valence-electron chi connectivity index (χ3n) is 3.28. The van der Waals surface area contributed by atoms with E-state index < -0.39 is 0 Å². The average molecular weight is 309 g/mol. The number of aryl methyl sites for hydroxylation is 1. The molecule has 0 saturated carbocycles. The van der Waals surface area contributed by atoms with Gasteiger partial charge < -0.3 is 0 Å². The van der Waals surface area contributed by atoms with Crippen molar-refractivity contribution in [1.29, 1.82) is 0 Å². The maximum absolute atomic E-state index is 5.24. The lowest BCUT2D eigenvalue weighted by atomic mass is 10.1. The van der Waals surface area contributed by atoms with Crippen LogP contribution in [-0.2, 0) is 6.42 Å². The van der Waals surface area contributed by atoms with Crippen molar-refractivity contribution in [2.24, 2.45) is 5.10 Å². The summed E-state index contributed by atoms with van der Waals surface area (Å²) < 4.78 is 2.04. The van der Waals surface area contributed by atoms with Crippen molar-refractivity contribution in [3.05, 3.63) is 64.7 Å². The molecule has 22 heavy (non-hydrogen) atoms. The van der Waals surface area contributed by atoms with Crippen LogP contribution < -0.4 is 0 Å². The third-order valence-corrected chi connectivity index (χ3v) is 3.54. The van der Waals surface area contributed by atoms with Gasteiger partial charge in [0.25, 0.3) is 0 Å². The highest BCUT2D eigenvalue weighted by Gasteiger charge is 2.07. The van der Waals surface area contributed by atoms with E-state index in [1.165, 1.54) is 5.56 Å². The fourth-order valence-electron chi connectivity index (χ4n) is 2.04. The summed E-state index contributed by atoms with van der Waals surface area (Å²) in [5.74, 6) is 0.638. The molecule has 5 nitrogen and oxygen atoms in total. The molecule has 6 heteroatoms. The number of hydrogen-bond acceptors (Lipinski definition) is 4. The van der Waals surface area contributed by atoms with Crippen LogP contribution in [0.25, 0.3) is 11.4 Å². The van der Waals surface area contributed by atoms with Crippen LogP contribution in [0.2, 0.25) is 0 Å². The minimum absolute atomic E-state index is 0.445. The van der Waals surface area contributed by atoms with Crippen molar-refractivity contribution < 1.29 is 0 Å². The van der Waals surface area contributed by atoms with E-state index in [1.54, 1.807) is 23.3 Å². The minimum Gasteiger partial charge on any atom is -0.264 e. The normalized spacial score (nSPS) is 11.1. The van der Waals surface area contributed by atoms with Crippen molar-refractivity contribution in [1.82, 2.24) is 19.9 Å². The Bertz CT molecular complexity index is 831. The quantitative estimate of drug-likeness (QED) is 0.593. The van der Waals surface area contributed by atoms with Crippen LogP contribution in [0.15, 0.2) is 53.9 Å². The summed E-state index contributed by atoms with van der Waals surface area (Å²) in [5, 5.41) is 11.4. The van der Waals surface area contributed by atoms with E-state index in [0.29, 0.717) is 10.6 Å². The van der Waals surface area contributed by atoms with Crippen LogP contribution in [0, 0.1) is 4.77 Å². The number of benzene rings is 1. The van der Waals surface area contributed by atoms with Gasteiger partial charge >= 0.3 is 0 Å². The summed E-state index contributed by atoms with van der Waals surface area (Å²) in [6.45, 7) is 2.13. The molecule has 0 aliphatic rings. The summed E-state index contributed by atoms with van der Waals surface area (Å²) in [4.78, 5) is 4.10. The highest BCUT2D eigenvalue weighted by atomic mass is 32.1. The second-order valence-electron chi connectivity index (χ2n) is 4.75. The summed E-state index contributed by atoms with van der Waals surface area (Å²) in [6.07, 6.45) is 6.24. The van der Waals surface area contributed by atoms with Gasteiger partial charge in [0.15, 0.2) is 5.82 Å². The summed E-state index contributed by atoms with van der Waals surface area (Å²) in [7, 11) is 0. The van der Waals surface area contributed by atoms with E-state index in [0.717, 1.165) is 17.5 Å². The predicted octanol–water partition coefficient (Wildman–Crippen LogP) is 3.45. The number of hydrogen-bond donors (Lipinski definition) is 1. The molecule has 0 spiro atoms. The van der Waals surface area contributed by atoms with E-state index in [9.17, 15) is 0 Å². The zero-order chi connectivity index (χ0) is 15.4. The van der Waals surface area contributed by atoms with Crippen molar-refractivity contribution in [2.75, 3.05) is 0 Å². The van der Waals surface area contributed by atoms with Crippen LogP contribution in [0.4, 0.5) is 0 Å². The lowest BCUT2D eigenvalue weighted by molar-refractivity contribution is 0.871. The Morgan fingerprint density at radius 3 is 2.77 bits per heavy atom.